The number of nitrogens with two attached hydrogens (primary N) is 1. The van der Waals surface area contributed by atoms with E-state index in [9.17, 15) is 0 Å². The van der Waals surface area contributed by atoms with Gasteiger partial charge < -0.3 is 10.5 Å². The second-order valence-corrected chi connectivity index (χ2v) is 3.91. The summed E-state index contributed by atoms with van der Waals surface area (Å²) < 4.78 is 7.08. The van der Waals surface area contributed by atoms with Crippen LogP contribution >= 0.6 is 0 Å². The topological polar surface area (TPSA) is 53.1 Å². The summed E-state index contributed by atoms with van der Waals surface area (Å²) in [6, 6.07) is 9.81. The molecule has 1 aromatic carbocycles. The summed E-state index contributed by atoms with van der Waals surface area (Å²) in [6.07, 6.45) is 1.03. The zero-order chi connectivity index (χ0) is 12.3. The number of anilines is 1. The van der Waals surface area contributed by atoms with E-state index in [1.165, 1.54) is 0 Å². The van der Waals surface area contributed by atoms with Crippen LogP contribution in [0.1, 0.15) is 13.3 Å². The molecule has 90 valence electrons. The molecule has 1 heterocycles. The van der Waals surface area contributed by atoms with Crippen molar-refractivity contribution >= 4 is 5.82 Å². The maximum Gasteiger partial charge on any atom is 0.146 e. The van der Waals surface area contributed by atoms with E-state index in [0.29, 0.717) is 5.82 Å². The number of nitrogens with zero attached hydrogens (tertiary/aromatic N) is 2. The zero-order valence-electron chi connectivity index (χ0n) is 10.2. The van der Waals surface area contributed by atoms with Crippen LogP contribution in [-0.4, -0.2) is 16.9 Å². The fraction of sp³-hybridized carbons (Fsp3) is 0.308. The minimum Gasteiger partial charge on any atom is -0.497 e. The van der Waals surface area contributed by atoms with E-state index in [1.54, 1.807) is 7.11 Å². The number of aryl methyl sites for hydroxylation is 1. The number of hydrogen-bond acceptors (Lipinski definition) is 3. The van der Waals surface area contributed by atoms with Gasteiger partial charge >= 0.3 is 0 Å². The first-order chi connectivity index (χ1) is 8.24. The predicted molar refractivity (Wildman–Crippen MR) is 68.9 cm³/mol. The fourth-order valence-electron chi connectivity index (χ4n) is 1.81. The molecular weight excluding hydrogens is 214 g/mol. The molecule has 0 saturated heterocycles. The molecule has 17 heavy (non-hydrogen) atoms. The largest absolute Gasteiger partial charge is 0.497 e. The molecule has 0 bridgehead atoms. The van der Waals surface area contributed by atoms with Gasteiger partial charge in [-0.1, -0.05) is 6.92 Å². The standard InChI is InChI=1S/C13H17N3O/c1-3-8-16-12(9-13(14)15-16)10-4-6-11(17-2)7-5-10/h4-7,9H,3,8H2,1-2H3,(H2,14,15). The van der Waals surface area contributed by atoms with Gasteiger partial charge in [-0.2, -0.15) is 5.10 Å². The minimum atomic E-state index is 0.560. The summed E-state index contributed by atoms with van der Waals surface area (Å²) >= 11 is 0. The van der Waals surface area contributed by atoms with Crippen LogP contribution in [0.3, 0.4) is 0 Å². The highest BCUT2D eigenvalue weighted by Gasteiger charge is 2.07. The van der Waals surface area contributed by atoms with E-state index < -0.39 is 0 Å². The van der Waals surface area contributed by atoms with E-state index >= 15 is 0 Å². The molecule has 0 amide bonds. The minimum absolute atomic E-state index is 0.560. The number of nitrogen functional groups attached to an aromatic ring is 1. The van der Waals surface area contributed by atoms with E-state index in [2.05, 4.69) is 12.0 Å². The Morgan fingerprint density at radius 3 is 2.59 bits per heavy atom. The summed E-state index contributed by atoms with van der Waals surface area (Å²) in [5.74, 6) is 1.41. The van der Waals surface area contributed by atoms with Crippen molar-refractivity contribution < 1.29 is 4.74 Å². The van der Waals surface area contributed by atoms with Crippen LogP contribution < -0.4 is 10.5 Å². The summed E-state index contributed by atoms with van der Waals surface area (Å²) in [7, 11) is 1.66. The van der Waals surface area contributed by atoms with Crippen LogP contribution in [-0.2, 0) is 6.54 Å². The second-order valence-electron chi connectivity index (χ2n) is 3.91. The first-order valence-corrected chi connectivity index (χ1v) is 5.72. The van der Waals surface area contributed by atoms with E-state index in [1.807, 2.05) is 35.0 Å². The monoisotopic (exact) mass is 231 g/mol. The lowest BCUT2D eigenvalue weighted by atomic mass is 10.1. The van der Waals surface area contributed by atoms with Crippen molar-refractivity contribution in [3.63, 3.8) is 0 Å². The Morgan fingerprint density at radius 1 is 1.29 bits per heavy atom. The summed E-state index contributed by atoms with van der Waals surface area (Å²) in [5, 5.41) is 4.28. The highest BCUT2D eigenvalue weighted by Crippen LogP contribution is 2.24. The summed E-state index contributed by atoms with van der Waals surface area (Å²) in [5.41, 5.74) is 7.90. The molecule has 0 unspecified atom stereocenters. The highest BCUT2D eigenvalue weighted by atomic mass is 16.5. The van der Waals surface area contributed by atoms with Crippen molar-refractivity contribution in [2.45, 2.75) is 19.9 Å². The average molecular weight is 231 g/mol. The van der Waals surface area contributed by atoms with Crippen molar-refractivity contribution in [2.24, 2.45) is 0 Å². The molecule has 0 radical (unpaired) electrons. The van der Waals surface area contributed by atoms with Gasteiger partial charge in [0.15, 0.2) is 0 Å². The Balaban J connectivity index is 2.37. The smallest absolute Gasteiger partial charge is 0.146 e. The van der Waals surface area contributed by atoms with Crippen molar-refractivity contribution in [1.82, 2.24) is 9.78 Å². The molecule has 0 aliphatic heterocycles. The quantitative estimate of drug-likeness (QED) is 0.879. The van der Waals surface area contributed by atoms with E-state index in [4.69, 9.17) is 10.5 Å². The number of ether oxygens (including phenoxy) is 1. The van der Waals surface area contributed by atoms with Crippen molar-refractivity contribution in [3.05, 3.63) is 30.3 Å². The molecule has 2 rings (SSSR count). The van der Waals surface area contributed by atoms with Crippen LogP contribution in [0.15, 0.2) is 30.3 Å². The van der Waals surface area contributed by atoms with E-state index in [0.717, 1.165) is 30.0 Å². The molecule has 2 N–H and O–H groups in total. The lowest BCUT2D eigenvalue weighted by molar-refractivity contribution is 0.415. The third-order valence-electron chi connectivity index (χ3n) is 2.62. The Bertz CT molecular complexity index is 488. The second kappa shape index (κ2) is 4.91. The van der Waals surface area contributed by atoms with E-state index in [-0.39, 0.29) is 0 Å². The third kappa shape index (κ3) is 2.41. The molecule has 0 saturated carbocycles. The van der Waals surface area contributed by atoms with Crippen LogP contribution in [0.4, 0.5) is 5.82 Å². The lowest BCUT2D eigenvalue weighted by Crippen LogP contribution is -2.01. The van der Waals surface area contributed by atoms with Crippen molar-refractivity contribution in [3.8, 4) is 17.0 Å². The number of hydrogen-bond donors (Lipinski definition) is 1. The SMILES string of the molecule is CCCn1nc(N)cc1-c1ccc(OC)cc1. The number of benzene rings is 1. The van der Waals surface area contributed by atoms with Gasteiger partial charge in [0.25, 0.3) is 0 Å². The van der Waals surface area contributed by atoms with Gasteiger partial charge in [-0.05, 0) is 30.7 Å². The molecule has 0 fully saturated rings. The normalized spacial score (nSPS) is 10.5. The fourth-order valence-corrected chi connectivity index (χ4v) is 1.81. The molecule has 0 atom stereocenters. The van der Waals surface area contributed by atoms with Gasteiger partial charge in [-0.15, -0.1) is 0 Å². The first-order valence-electron chi connectivity index (χ1n) is 5.72. The molecule has 0 aliphatic carbocycles. The molecule has 4 nitrogen and oxygen atoms in total. The van der Waals surface area contributed by atoms with Crippen LogP contribution in [0.5, 0.6) is 5.75 Å². The molecule has 0 aliphatic rings. The summed E-state index contributed by atoms with van der Waals surface area (Å²) in [4.78, 5) is 0. The molecule has 1 aromatic heterocycles. The molecule has 0 spiro atoms. The van der Waals surface area contributed by atoms with Crippen molar-refractivity contribution in [1.29, 1.82) is 0 Å². The first kappa shape index (κ1) is 11.5. The van der Waals surface area contributed by atoms with Gasteiger partial charge in [-0.25, -0.2) is 0 Å². The third-order valence-corrected chi connectivity index (χ3v) is 2.62. The highest BCUT2D eigenvalue weighted by molar-refractivity contribution is 5.63. The van der Waals surface area contributed by atoms with Gasteiger partial charge in [0.05, 0.1) is 12.8 Å². The zero-order valence-corrected chi connectivity index (χ0v) is 10.2. The number of methoxy groups -OCH3 is 1. The number of rotatable bonds is 4. The maximum atomic E-state index is 5.75. The number of aromatic nitrogens is 2. The maximum absolute atomic E-state index is 5.75. The molecule has 4 heteroatoms. The summed E-state index contributed by atoms with van der Waals surface area (Å²) in [6.45, 7) is 2.99. The van der Waals surface area contributed by atoms with Gasteiger partial charge in [-0.3, -0.25) is 4.68 Å². The Morgan fingerprint density at radius 2 is 2.00 bits per heavy atom. The average Bonchev–Trinajstić information content (AvgIpc) is 2.71. The Labute approximate surface area is 101 Å². The van der Waals surface area contributed by atoms with Crippen LogP contribution in [0.2, 0.25) is 0 Å². The lowest BCUT2D eigenvalue weighted by Gasteiger charge is -2.06. The Kier molecular flexibility index (Phi) is 3.32. The molecule has 2 aromatic rings. The van der Waals surface area contributed by atoms with Crippen LogP contribution in [0.25, 0.3) is 11.3 Å². The van der Waals surface area contributed by atoms with Gasteiger partial charge in [0.1, 0.15) is 11.6 Å². The van der Waals surface area contributed by atoms with Gasteiger partial charge in [0, 0.05) is 18.2 Å². The van der Waals surface area contributed by atoms with Crippen molar-refractivity contribution in [2.75, 3.05) is 12.8 Å². The Hall–Kier alpha value is -1.97. The predicted octanol–water partition coefficient (Wildman–Crippen LogP) is 2.55. The molecular formula is C13H17N3O. The van der Waals surface area contributed by atoms with Gasteiger partial charge in [0.2, 0.25) is 0 Å². The van der Waals surface area contributed by atoms with Crippen LogP contribution in [0, 0.1) is 0 Å².